The first-order valence-electron chi connectivity index (χ1n) is 5.06. The molecule has 0 unspecified atom stereocenters. The minimum absolute atomic E-state index is 0.0160. The number of hydrogen-bond acceptors (Lipinski definition) is 4. The number of carbonyl (C=O) groups excluding carboxylic acids is 1. The fraction of sp³-hybridized carbons (Fsp3) is 0.273. The molecule has 0 radical (unpaired) electrons. The molecule has 90 valence electrons. The van der Waals surface area contributed by atoms with Crippen LogP contribution in [-0.2, 0) is 4.79 Å². The molecule has 6 heteroatoms. The number of amides is 1. The highest BCUT2D eigenvalue weighted by Gasteiger charge is 2.07. The molecule has 4 nitrogen and oxygen atoms in total. The molecule has 0 saturated heterocycles. The van der Waals surface area contributed by atoms with Crippen molar-refractivity contribution in [2.24, 2.45) is 0 Å². The number of thiazole rings is 1. The average Bonchev–Trinajstić information content (AvgIpc) is 2.67. The van der Waals surface area contributed by atoms with Crippen LogP contribution in [-0.4, -0.2) is 36.4 Å². The van der Waals surface area contributed by atoms with Gasteiger partial charge in [0.25, 0.3) is 0 Å². The lowest BCUT2D eigenvalue weighted by Crippen LogP contribution is -2.28. The molecule has 0 aliphatic heterocycles. The van der Waals surface area contributed by atoms with Crippen molar-refractivity contribution >= 4 is 44.2 Å². The smallest absolute Gasteiger partial charge is 0.241 e. The first kappa shape index (κ1) is 12.1. The second kappa shape index (κ2) is 4.89. The van der Waals surface area contributed by atoms with E-state index in [1.165, 1.54) is 16.2 Å². The summed E-state index contributed by atoms with van der Waals surface area (Å²) in [6.45, 7) is 0.251. The average molecular weight is 270 g/mol. The lowest BCUT2D eigenvalue weighted by molar-refractivity contribution is -0.126. The van der Waals surface area contributed by atoms with Crippen LogP contribution in [0.15, 0.2) is 18.2 Å². The Morgan fingerprint density at radius 2 is 2.29 bits per heavy atom. The van der Waals surface area contributed by atoms with E-state index in [1.807, 2.05) is 12.1 Å². The van der Waals surface area contributed by atoms with Gasteiger partial charge in [0.15, 0.2) is 5.13 Å². The second-order valence-corrected chi connectivity index (χ2v) is 5.24. The second-order valence-electron chi connectivity index (χ2n) is 3.77. The normalized spacial score (nSPS) is 10.5. The predicted octanol–water partition coefficient (Wildman–Crippen LogP) is 2.45. The van der Waals surface area contributed by atoms with Gasteiger partial charge >= 0.3 is 0 Å². The van der Waals surface area contributed by atoms with Crippen molar-refractivity contribution in [2.45, 2.75) is 0 Å². The summed E-state index contributed by atoms with van der Waals surface area (Å²) in [5, 5.41) is 4.43. The fourth-order valence-corrected chi connectivity index (χ4v) is 2.42. The summed E-state index contributed by atoms with van der Waals surface area (Å²) in [4.78, 5) is 17.3. The van der Waals surface area contributed by atoms with Crippen LogP contribution < -0.4 is 5.32 Å². The maximum Gasteiger partial charge on any atom is 0.241 e. The van der Waals surface area contributed by atoms with Gasteiger partial charge in [0.05, 0.1) is 16.8 Å². The Kier molecular flexibility index (Phi) is 3.49. The largest absolute Gasteiger partial charge is 0.352 e. The molecule has 17 heavy (non-hydrogen) atoms. The van der Waals surface area contributed by atoms with E-state index in [1.54, 1.807) is 20.2 Å². The molecule has 0 atom stereocenters. The SMILES string of the molecule is CN(C)C(=O)CNc1nc2ccc(Cl)cc2s1. The van der Waals surface area contributed by atoms with Crippen LogP contribution in [0.2, 0.25) is 5.02 Å². The van der Waals surface area contributed by atoms with Crippen molar-refractivity contribution in [2.75, 3.05) is 26.0 Å². The van der Waals surface area contributed by atoms with Gasteiger partial charge in [0.1, 0.15) is 0 Å². The Bertz CT molecular complexity index is 553. The molecule has 0 spiro atoms. The summed E-state index contributed by atoms with van der Waals surface area (Å²) < 4.78 is 1.01. The van der Waals surface area contributed by atoms with E-state index in [-0.39, 0.29) is 12.5 Å². The molecule has 0 bridgehead atoms. The summed E-state index contributed by atoms with van der Waals surface area (Å²) in [5.41, 5.74) is 0.888. The van der Waals surface area contributed by atoms with E-state index < -0.39 is 0 Å². The summed E-state index contributed by atoms with van der Waals surface area (Å²) in [5.74, 6) is 0.0160. The molecule has 0 aliphatic carbocycles. The van der Waals surface area contributed by atoms with Crippen LogP contribution in [0.4, 0.5) is 5.13 Å². The van der Waals surface area contributed by atoms with Gasteiger partial charge in [0.2, 0.25) is 5.91 Å². The number of benzene rings is 1. The predicted molar refractivity (Wildman–Crippen MR) is 71.8 cm³/mol. The molecular formula is C11H12ClN3OS. The number of nitrogens with one attached hydrogen (secondary N) is 1. The molecule has 0 fully saturated rings. The van der Waals surface area contributed by atoms with Crippen LogP contribution in [0.25, 0.3) is 10.2 Å². The molecule has 1 N–H and O–H groups in total. The van der Waals surface area contributed by atoms with Gasteiger partial charge in [-0.15, -0.1) is 0 Å². The van der Waals surface area contributed by atoms with Crippen LogP contribution in [0.3, 0.4) is 0 Å². The van der Waals surface area contributed by atoms with E-state index in [9.17, 15) is 4.79 Å². The highest BCUT2D eigenvalue weighted by molar-refractivity contribution is 7.22. The van der Waals surface area contributed by atoms with Gasteiger partial charge < -0.3 is 10.2 Å². The first-order valence-corrected chi connectivity index (χ1v) is 6.26. The molecule has 1 aromatic heterocycles. The van der Waals surface area contributed by atoms with Crippen LogP contribution in [0, 0.1) is 0 Å². The summed E-state index contributed by atoms with van der Waals surface area (Å²) in [6.07, 6.45) is 0. The number of carbonyl (C=O) groups is 1. The van der Waals surface area contributed by atoms with Gasteiger partial charge in [0, 0.05) is 19.1 Å². The van der Waals surface area contributed by atoms with Crippen LogP contribution >= 0.6 is 22.9 Å². The molecule has 1 aromatic carbocycles. The maximum absolute atomic E-state index is 11.4. The zero-order valence-corrected chi connectivity index (χ0v) is 11.1. The third-order valence-corrected chi connectivity index (χ3v) is 3.45. The number of nitrogens with zero attached hydrogens (tertiary/aromatic N) is 2. The molecule has 0 saturated carbocycles. The number of fused-ring (bicyclic) bond motifs is 1. The molecule has 0 aliphatic rings. The minimum atomic E-state index is 0.0160. The molecule has 1 heterocycles. The van der Waals surface area contributed by atoms with Crippen molar-refractivity contribution in [1.29, 1.82) is 0 Å². The van der Waals surface area contributed by atoms with Gasteiger partial charge in [-0.25, -0.2) is 4.98 Å². The number of halogens is 1. The van der Waals surface area contributed by atoms with E-state index in [0.717, 1.165) is 15.3 Å². The molecule has 2 rings (SSSR count). The summed E-state index contributed by atoms with van der Waals surface area (Å²) >= 11 is 7.38. The van der Waals surface area contributed by atoms with Crippen molar-refractivity contribution in [3.8, 4) is 0 Å². The van der Waals surface area contributed by atoms with E-state index in [2.05, 4.69) is 10.3 Å². The third kappa shape index (κ3) is 2.87. The lowest BCUT2D eigenvalue weighted by atomic mass is 10.3. The zero-order valence-electron chi connectivity index (χ0n) is 9.53. The standard InChI is InChI=1S/C11H12ClN3OS/c1-15(2)10(16)6-13-11-14-8-4-3-7(12)5-9(8)17-11/h3-5H,6H2,1-2H3,(H,13,14). The van der Waals surface area contributed by atoms with Crippen molar-refractivity contribution in [1.82, 2.24) is 9.88 Å². The Morgan fingerprint density at radius 3 is 3.00 bits per heavy atom. The summed E-state index contributed by atoms with van der Waals surface area (Å²) in [7, 11) is 3.45. The number of rotatable bonds is 3. The van der Waals surface area contributed by atoms with Gasteiger partial charge in [-0.2, -0.15) is 0 Å². The van der Waals surface area contributed by atoms with Crippen molar-refractivity contribution in [3.05, 3.63) is 23.2 Å². The fourth-order valence-electron chi connectivity index (χ4n) is 1.28. The highest BCUT2D eigenvalue weighted by Crippen LogP contribution is 2.27. The monoisotopic (exact) mass is 269 g/mol. The van der Waals surface area contributed by atoms with E-state index in [0.29, 0.717) is 5.02 Å². The van der Waals surface area contributed by atoms with E-state index >= 15 is 0 Å². The first-order chi connectivity index (χ1) is 8.06. The number of likely N-dealkylation sites (N-methyl/N-ethyl adjacent to an activating group) is 1. The number of aromatic nitrogens is 1. The Hall–Kier alpha value is -1.33. The Balaban J connectivity index is 2.12. The number of anilines is 1. The minimum Gasteiger partial charge on any atom is -0.352 e. The maximum atomic E-state index is 11.4. The van der Waals surface area contributed by atoms with Gasteiger partial charge in [-0.3, -0.25) is 4.79 Å². The molecule has 2 aromatic rings. The van der Waals surface area contributed by atoms with Crippen molar-refractivity contribution in [3.63, 3.8) is 0 Å². The number of hydrogen-bond donors (Lipinski definition) is 1. The topological polar surface area (TPSA) is 45.2 Å². The van der Waals surface area contributed by atoms with Gasteiger partial charge in [-0.05, 0) is 18.2 Å². The van der Waals surface area contributed by atoms with Gasteiger partial charge in [-0.1, -0.05) is 22.9 Å². The van der Waals surface area contributed by atoms with Crippen molar-refractivity contribution < 1.29 is 4.79 Å². The van der Waals surface area contributed by atoms with Crippen LogP contribution in [0.1, 0.15) is 0 Å². The Morgan fingerprint density at radius 1 is 1.53 bits per heavy atom. The third-order valence-electron chi connectivity index (χ3n) is 2.24. The molecular weight excluding hydrogens is 258 g/mol. The Labute approximate surface area is 108 Å². The molecule has 1 amide bonds. The van der Waals surface area contributed by atoms with Crippen LogP contribution in [0.5, 0.6) is 0 Å². The van der Waals surface area contributed by atoms with E-state index in [4.69, 9.17) is 11.6 Å². The highest BCUT2D eigenvalue weighted by atomic mass is 35.5. The quantitative estimate of drug-likeness (QED) is 0.931. The summed E-state index contributed by atoms with van der Waals surface area (Å²) in [6, 6.07) is 5.54. The zero-order chi connectivity index (χ0) is 12.4. The lowest BCUT2D eigenvalue weighted by Gasteiger charge is -2.09.